The third-order valence-corrected chi connectivity index (χ3v) is 7.40. The molecule has 0 saturated carbocycles. The van der Waals surface area contributed by atoms with Gasteiger partial charge in [0.25, 0.3) is 0 Å². The number of alkyl carbamates (subject to hydrolysis) is 1. The predicted molar refractivity (Wildman–Crippen MR) is 148 cm³/mol. The monoisotopic (exact) mass is 545 g/mol. The van der Waals surface area contributed by atoms with Gasteiger partial charge in [-0.25, -0.2) is 23.9 Å². The van der Waals surface area contributed by atoms with Crippen molar-refractivity contribution < 1.29 is 23.8 Å². The molecule has 0 unspecified atom stereocenters. The van der Waals surface area contributed by atoms with Crippen LogP contribution in [0, 0.1) is 5.82 Å². The van der Waals surface area contributed by atoms with Crippen LogP contribution >= 0.6 is 11.3 Å². The first-order chi connectivity index (χ1) is 18.5. The van der Waals surface area contributed by atoms with Crippen LogP contribution in [0.5, 0.6) is 0 Å². The summed E-state index contributed by atoms with van der Waals surface area (Å²) in [5.41, 5.74) is 2.66. The van der Waals surface area contributed by atoms with Gasteiger partial charge < -0.3 is 15.2 Å². The summed E-state index contributed by atoms with van der Waals surface area (Å²) in [7, 11) is 0. The topological polar surface area (TPSA) is 101 Å². The lowest BCUT2D eigenvalue weighted by atomic mass is 9.89. The Labute approximate surface area is 229 Å². The molecule has 0 fully saturated rings. The average molecular weight is 546 g/mol. The van der Waals surface area contributed by atoms with Gasteiger partial charge in [-0.2, -0.15) is 0 Å². The van der Waals surface area contributed by atoms with Gasteiger partial charge in [0.15, 0.2) is 0 Å². The van der Waals surface area contributed by atoms with Crippen molar-refractivity contribution in [3.63, 3.8) is 0 Å². The summed E-state index contributed by atoms with van der Waals surface area (Å²) in [6.07, 6.45) is 3.77. The SMILES string of the molecule is CC(C)(C)OC(=O)N[C@H](CCc1ccc(-c2nc3ccc(C4(c5ccccc5)C=C4)nc3s2)c(F)c1)C(=O)O. The van der Waals surface area contributed by atoms with Crippen LogP contribution in [0.1, 0.15) is 44.0 Å². The summed E-state index contributed by atoms with van der Waals surface area (Å²) >= 11 is 1.33. The van der Waals surface area contributed by atoms with Crippen LogP contribution in [-0.2, 0) is 21.4 Å². The van der Waals surface area contributed by atoms with Crippen LogP contribution in [0.3, 0.4) is 0 Å². The molecule has 200 valence electrons. The highest BCUT2D eigenvalue weighted by atomic mass is 32.1. The number of carboxylic acids is 1. The van der Waals surface area contributed by atoms with Crippen molar-refractivity contribution in [2.75, 3.05) is 0 Å². The fraction of sp³-hybridized carbons (Fsp3) is 0.267. The smallest absolute Gasteiger partial charge is 0.408 e. The molecule has 1 atom stereocenters. The van der Waals surface area contributed by atoms with Gasteiger partial charge in [-0.05, 0) is 69.0 Å². The Kier molecular flexibility index (Phi) is 6.94. The van der Waals surface area contributed by atoms with Crippen molar-refractivity contribution in [2.24, 2.45) is 0 Å². The molecule has 2 aromatic heterocycles. The van der Waals surface area contributed by atoms with Crippen molar-refractivity contribution in [1.82, 2.24) is 15.3 Å². The van der Waals surface area contributed by atoms with E-state index in [4.69, 9.17) is 9.72 Å². The number of nitrogens with one attached hydrogen (secondary N) is 1. The van der Waals surface area contributed by atoms with E-state index in [-0.39, 0.29) is 18.3 Å². The Morgan fingerprint density at radius 2 is 1.82 bits per heavy atom. The molecule has 2 heterocycles. The molecule has 1 aliphatic carbocycles. The van der Waals surface area contributed by atoms with Crippen LogP contribution in [-0.4, -0.2) is 38.8 Å². The van der Waals surface area contributed by atoms with Crippen molar-refractivity contribution in [1.29, 1.82) is 0 Å². The summed E-state index contributed by atoms with van der Waals surface area (Å²) < 4.78 is 20.3. The number of halogens is 1. The molecule has 0 saturated heterocycles. The van der Waals surface area contributed by atoms with Crippen LogP contribution < -0.4 is 5.32 Å². The predicted octanol–water partition coefficient (Wildman–Crippen LogP) is 6.26. The summed E-state index contributed by atoms with van der Waals surface area (Å²) in [5.74, 6) is -1.64. The fourth-order valence-electron chi connectivity index (χ4n) is 4.38. The Balaban J connectivity index is 1.30. The minimum absolute atomic E-state index is 0.0817. The quantitative estimate of drug-likeness (QED) is 0.253. The van der Waals surface area contributed by atoms with Crippen LogP contribution in [0.25, 0.3) is 20.9 Å². The number of carbonyl (C=O) groups is 2. The van der Waals surface area contributed by atoms with Gasteiger partial charge in [-0.15, -0.1) is 0 Å². The lowest BCUT2D eigenvalue weighted by molar-refractivity contribution is -0.139. The maximum absolute atomic E-state index is 15.2. The molecule has 0 bridgehead atoms. The van der Waals surface area contributed by atoms with E-state index in [1.807, 2.05) is 30.3 Å². The number of ether oxygens (including phenoxy) is 1. The summed E-state index contributed by atoms with van der Waals surface area (Å²) in [4.78, 5) is 33.8. The number of thiazole rings is 1. The molecule has 0 spiro atoms. The number of aliphatic carboxylic acids is 1. The van der Waals surface area contributed by atoms with E-state index in [9.17, 15) is 14.7 Å². The zero-order chi connectivity index (χ0) is 27.8. The molecule has 0 aliphatic heterocycles. The molecule has 9 heteroatoms. The summed E-state index contributed by atoms with van der Waals surface area (Å²) in [5, 5.41) is 12.4. The number of rotatable bonds is 8. The third kappa shape index (κ3) is 5.83. The normalized spacial score (nSPS) is 14.7. The average Bonchev–Trinajstić information content (AvgIpc) is 3.58. The number of aryl methyl sites for hydroxylation is 1. The van der Waals surface area contributed by atoms with Gasteiger partial charge in [0.05, 0.1) is 11.1 Å². The number of aromatic nitrogens is 2. The lowest BCUT2D eigenvalue weighted by Crippen LogP contribution is -2.43. The molecule has 4 aromatic rings. The number of carbonyl (C=O) groups excluding carboxylic acids is 1. The number of amides is 1. The summed E-state index contributed by atoms with van der Waals surface area (Å²) in [6.45, 7) is 5.08. The zero-order valence-corrected chi connectivity index (χ0v) is 22.6. The van der Waals surface area contributed by atoms with Crippen molar-refractivity contribution in [2.45, 2.75) is 50.7 Å². The number of allylic oxidation sites excluding steroid dienone is 2. The van der Waals surface area contributed by atoms with Crippen molar-refractivity contribution in [3.05, 3.63) is 95.5 Å². The Bertz CT molecular complexity index is 1570. The Morgan fingerprint density at radius 3 is 2.46 bits per heavy atom. The molecular formula is C30H28FN3O4S. The lowest BCUT2D eigenvalue weighted by Gasteiger charge is -2.22. The maximum atomic E-state index is 15.2. The van der Waals surface area contributed by atoms with Crippen molar-refractivity contribution >= 4 is 33.7 Å². The standard InChI is InChI=1S/C30H28FN3O4S/c1-29(2,3)38-28(37)33-23(27(35)36)12-10-18-9-11-20(21(31)17-18)25-32-22-13-14-24(34-26(22)39-25)30(15-16-30)19-7-5-4-6-8-19/h4-9,11,13-17,23H,10,12H2,1-3H3,(H,33,37)(H,35,36)/t23-/m1/s1. The van der Waals surface area contributed by atoms with Crippen LogP contribution in [0.2, 0.25) is 0 Å². The van der Waals surface area contributed by atoms with E-state index in [1.54, 1.807) is 32.9 Å². The highest BCUT2D eigenvalue weighted by Gasteiger charge is 2.39. The van der Waals surface area contributed by atoms with E-state index < -0.39 is 29.5 Å². The molecule has 2 aromatic carbocycles. The molecule has 1 aliphatic rings. The molecule has 1 amide bonds. The molecule has 7 nitrogen and oxygen atoms in total. The highest BCUT2D eigenvalue weighted by Crippen LogP contribution is 2.45. The van der Waals surface area contributed by atoms with Crippen LogP contribution in [0.4, 0.5) is 9.18 Å². The zero-order valence-electron chi connectivity index (χ0n) is 21.8. The number of benzene rings is 2. The number of hydrogen-bond donors (Lipinski definition) is 2. The maximum Gasteiger partial charge on any atom is 0.408 e. The molecule has 2 N–H and O–H groups in total. The van der Waals surface area contributed by atoms with Crippen molar-refractivity contribution in [3.8, 4) is 10.6 Å². The minimum Gasteiger partial charge on any atom is -0.480 e. The van der Waals surface area contributed by atoms with Gasteiger partial charge in [0, 0.05) is 5.56 Å². The van der Waals surface area contributed by atoms with E-state index in [2.05, 4.69) is 34.6 Å². The number of fused-ring (bicyclic) bond motifs is 1. The minimum atomic E-state index is -1.19. The number of carboxylic acid groups (broad SMARTS) is 1. The largest absolute Gasteiger partial charge is 0.480 e. The molecule has 39 heavy (non-hydrogen) atoms. The highest BCUT2D eigenvalue weighted by molar-refractivity contribution is 7.21. The second-order valence-corrected chi connectivity index (χ2v) is 11.5. The first kappa shape index (κ1) is 26.5. The summed E-state index contributed by atoms with van der Waals surface area (Å²) in [6, 6.07) is 17.6. The Morgan fingerprint density at radius 1 is 1.08 bits per heavy atom. The number of hydrogen-bond acceptors (Lipinski definition) is 6. The van der Waals surface area contributed by atoms with Gasteiger partial charge >= 0.3 is 12.1 Å². The second-order valence-electron chi connectivity index (χ2n) is 10.5. The number of pyridine rings is 1. The van der Waals surface area contributed by atoms with Gasteiger partial charge in [-0.1, -0.05) is 59.9 Å². The van der Waals surface area contributed by atoms with Gasteiger partial charge in [-0.3, -0.25) is 0 Å². The first-order valence-corrected chi connectivity index (χ1v) is 13.4. The van der Waals surface area contributed by atoms with E-state index >= 15 is 4.39 Å². The Hall–Kier alpha value is -4.11. The number of nitrogens with zero attached hydrogens (tertiary/aromatic N) is 2. The third-order valence-electron chi connectivity index (χ3n) is 6.41. The molecular weight excluding hydrogens is 517 g/mol. The van der Waals surface area contributed by atoms with Crippen LogP contribution in [0.15, 0.2) is 72.8 Å². The van der Waals surface area contributed by atoms with Gasteiger partial charge in [0.1, 0.15) is 32.8 Å². The van der Waals surface area contributed by atoms with E-state index in [1.165, 1.54) is 17.4 Å². The van der Waals surface area contributed by atoms with Gasteiger partial charge in [0.2, 0.25) is 0 Å². The molecule has 5 rings (SSSR count). The van der Waals surface area contributed by atoms with E-state index in [0.717, 1.165) is 16.1 Å². The fourth-order valence-corrected chi connectivity index (χ4v) is 5.34. The molecule has 0 radical (unpaired) electrons. The van der Waals surface area contributed by atoms with E-state index in [0.29, 0.717) is 21.7 Å². The first-order valence-electron chi connectivity index (χ1n) is 12.6. The second kappa shape index (κ2) is 10.2.